The second-order valence-corrected chi connectivity index (χ2v) is 7.09. The van der Waals surface area contributed by atoms with Crippen molar-refractivity contribution in [3.63, 3.8) is 0 Å². The maximum absolute atomic E-state index is 12.1. The van der Waals surface area contributed by atoms with Crippen molar-refractivity contribution in [3.05, 3.63) is 0 Å². The van der Waals surface area contributed by atoms with Crippen LogP contribution in [-0.2, 0) is 9.59 Å². The first-order valence-corrected chi connectivity index (χ1v) is 8.11. The molecule has 1 heterocycles. The van der Waals surface area contributed by atoms with E-state index in [0.717, 1.165) is 32.1 Å². The summed E-state index contributed by atoms with van der Waals surface area (Å²) in [5.41, 5.74) is 5.82. The summed E-state index contributed by atoms with van der Waals surface area (Å²) in [6.45, 7) is 7.92. The minimum Gasteiger partial charge on any atom is -0.354 e. The highest BCUT2D eigenvalue weighted by atomic mass is 16.2. The van der Waals surface area contributed by atoms with Gasteiger partial charge >= 0.3 is 0 Å². The standard InChI is InChI=1S/C16H31N3O2/c1-16(2,3)12(9-10-17)7-8-14(20)19-13-6-4-5-11-18-15(13)21/h12-13H,4-11,17H2,1-3H3,(H,18,21)(H,19,20). The van der Waals surface area contributed by atoms with Crippen molar-refractivity contribution < 1.29 is 9.59 Å². The Balaban J connectivity index is 2.43. The summed E-state index contributed by atoms with van der Waals surface area (Å²) in [4.78, 5) is 23.9. The maximum Gasteiger partial charge on any atom is 0.242 e. The summed E-state index contributed by atoms with van der Waals surface area (Å²) >= 11 is 0. The fourth-order valence-corrected chi connectivity index (χ4v) is 2.86. The van der Waals surface area contributed by atoms with Crippen molar-refractivity contribution in [3.8, 4) is 0 Å². The van der Waals surface area contributed by atoms with Gasteiger partial charge in [0, 0.05) is 13.0 Å². The zero-order valence-electron chi connectivity index (χ0n) is 13.7. The monoisotopic (exact) mass is 297 g/mol. The SMILES string of the molecule is CC(C)(C)C(CCN)CCC(=O)NC1CCCCNC1=O. The van der Waals surface area contributed by atoms with Gasteiger partial charge in [0.15, 0.2) is 0 Å². The summed E-state index contributed by atoms with van der Waals surface area (Å²) in [6.07, 6.45) is 4.92. The van der Waals surface area contributed by atoms with Crippen LogP contribution in [-0.4, -0.2) is 30.9 Å². The normalized spacial score (nSPS) is 21.3. The number of rotatable bonds is 6. The molecular weight excluding hydrogens is 266 g/mol. The first-order chi connectivity index (χ1) is 9.84. The number of hydrogen-bond donors (Lipinski definition) is 3. The van der Waals surface area contributed by atoms with Crippen LogP contribution in [0.5, 0.6) is 0 Å². The van der Waals surface area contributed by atoms with Crippen molar-refractivity contribution >= 4 is 11.8 Å². The molecule has 0 radical (unpaired) electrons. The average Bonchev–Trinajstić information content (AvgIpc) is 2.59. The maximum atomic E-state index is 12.1. The third-order valence-electron chi connectivity index (χ3n) is 4.33. The Morgan fingerprint density at radius 1 is 1.38 bits per heavy atom. The van der Waals surface area contributed by atoms with Gasteiger partial charge in [0.1, 0.15) is 6.04 Å². The molecule has 1 rings (SSSR count). The molecule has 21 heavy (non-hydrogen) atoms. The predicted molar refractivity (Wildman–Crippen MR) is 84.6 cm³/mol. The summed E-state index contributed by atoms with van der Waals surface area (Å²) in [6, 6.07) is -0.359. The van der Waals surface area contributed by atoms with E-state index in [1.54, 1.807) is 0 Å². The van der Waals surface area contributed by atoms with Gasteiger partial charge in [0.2, 0.25) is 11.8 Å². The Labute approximate surface area is 128 Å². The van der Waals surface area contributed by atoms with Crippen LogP contribution in [0, 0.1) is 11.3 Å². The summed E-state index contributed by atoms with van der Waals surface area (Å²) in [5.74, 6) is 0.356. The molecule has 5 heteroatoms. The third-order valence-corrected chi connectivity index (χ3v) is 4.33. The zero-order valence-corrected chi connectivity index (χ0v) is 13.7. The minimum atomic E-state index is -0.359. The Morgan fingerprint density at radius 3 is 2.71 bits per heavy atom. The highest BCUT2D eigenvalue weighted by Gasteiger charge is 2.26. The molecule has 2 atom stereocenters. The van der Waals surface area contributed by atoms with E-state index in [-0.39, 0.29) is 23.3 Å². The molecule has 0 aromatic heterocycles. The molecule has 1 aliphatic heterocycles. The molecule has 0 saturated carbocycles. The lowest BCUT2D eigenvalue weighted by Gasteiger charge is -2.30. The van der Waals surface area contributed by atoms with Gasteiger partial charge in [0.25, 0.3) is 0 Å². The predicted octanol–water partition coefficient (Wildman–Crippen LogP) is 1.56. The Bertz CT molecular complexity index is 350. The molecule has 2 amide bonds. The summed E-state index contributed by atoms with van der Waals surface area (Å²) in [5, 5.41) is 5.71. The van der Waals surface area contributed by atoms with Gasteiger partial charge in [0.05, 0.1) is 0 Å². The van der Waals surface area contributed by atoms with E-state index in [1.807, 2.05) is 0 Å². The first-order valence-electron chi connectivity index (χ1n) is 8.11. The van der Waals surface area contributed by atoms with Crippen molar-refractivity contribution in [2.45, 2.75) is 65.3 Å². The molecule has 2 unspecified atom stereocenters. The molecule has 0 spiro atoms. The van der Waals surface area contributed by atoms with E-state index in [1.165, 1.54) is 0 Å². The lowest BCUT2D eigenvalue weighted by atomic mass is 9.76. The van der Waals surface area contributed by atoms with Gasteiger partial charge < -0.3 is 16.4 Å². The largest absolute Gasteiger partial charge is 0.354 e. The van der Waals surface area contributed by atoms with Crippen LogP contribution in [0.3, 0.4) is 0 Å². The van der Waals surface area contributed by atoms with Crippen LogP contribution >= 0.6 is 0 Å². The Kier molecular flexibility index (Phi) is 7.15. The lowest BCUT2D eigenvalue weighted by molar-refractivity contribution is -0.129. The zero-order chi connectivity index (χ0) is 15.9. The van der Waals surface area contributed by atoms with Crippen LogP contribution in [0.15, 0.2) is 0 Å². The Morgan fingerprint density at radius 2 is 2.10 bits per heavy atom. The molecule has 1 saturated heterocycles. The number of carbonyl (C=O) groups is 2. The van der Waals surface area contributed by atoms with Crippen LogP contribution < -0.4 is 16.4 Å². The Hall–Kier alpha value is -1.10. The van der Waals surface area contributed by atoms with E-state index < -0.39 is 0 Å². The van der Waals surface area contributed by atoms with Crippen molar-refractivity contribution in [1.29, 1.82) is 0 Å². The van der Waals surface area contributed by atoms with E-state index in [4.69, 9.17) is 5.73 Å². The number of hydrogen-bond acceptors (Lipinski definition) is 3. The number of nitrogens with one attached hydrogen (secondary N) is 2. The molecule has 0 aliphatic carbocycles. The molecule has 0 aromatic rings. The van der Waals surface area contributed by atoms with Gasteiger partial charge in [-0.15, -0.1) is 0 Å². The second kappa shape index (κ2) is 8.37. The molecule has 4 N–H and O–H groups in total. The van der Waals surface area contributed by atoms with Crippen molar-refractivity contribution in [2.75, 3.05) is 13.1 Å². The first kappa shape index (κ1) is 18.0. The van der Waals surface area contributed by atoms with Gasteiger partial charge in [-0.1, -0.05) is 20.8 Å². The highest BCUT2D eigenvalue weighted by molar-refractivity contribution is 5.87. The molecule has 1 fully saturated rings. The molecule has 1 aliphatic rings. The number of carbonyl (C=O) groups excluding carboxylic acids is 2. The van der Waals surface area contributed by atoms with Gasteiger partial charge in [-0.05, 0) is 50.0 Å². The smallest absolute Gasteiger partial charge is 0.242 e. The quantitative estimate of drug-likeness (QED) is 0.695. The molecular formula is C16H31N3O2. The van der Waals surface area contributed by atoms with E-state index in [9.17, 15) is 9.59 Å². The topological polar surface area (TPSA) is 84.2 Å². The van der Waals surface area contributed by atoms with Crippen LogP contribution in [0.1, 0.15) is 59.3 Å². The van der Waals surface area contributed by atoms with Gasteiger partial charge in [-0.25, -0.2) is 0 Å². The summed E-state index contributed by atoms with van der Waals surface area (Å²) in [7, 11) is 0. The molecule has 0 bridgehead atoms. The summed E-state index contributed by atoms with van der Waals surface area (Å²) < 4.78 is 0. The fraction of sp³-hybridized carbons (Fsp3) is 0.875. The second-order valence-electron chi connectivity index (χ2n) is 7.09. The van der Waals surface area contributed by atoms with Gasteiger partial charge in [-0.3, -0.25) is 9.59 Å². The number of amides is 2. The van der Waals surface area contributed by atoms with Crippen molar-refractivity contribution in [1.82, 2.24) is 10.6 Å². The van der Waals surface area contributed by atoms with E-state index in [0.29, 0.717) is 25.4 Å². The van der Waals surface area contributed by atoms with E-state index >= 15 is 0 Å². The van der Waals surface area contributed by atoms with Crippen molar-refractivity contribution in [2.24, 2.45) is 17.1 Å². The fourth-order valence-electron chi connectivity index (χ4n) is 2.86. The lowest BCUT2D eigenvalue weighted by Crippen LogP contribution is -2.45. The third kappa shape index (κ3) is 6.46. The number of nitrogens with two attached hydrogens (primary N) is 1. The minimum absolute atomic E-state index is 0.0247. The molecule has 122 valence electrons. The van der Waals surface area contributed by atoms with Crippen LogP contribution in [0.2, 0.25) is 0 Å². The van der Waals surface area contributed by atoms with Gasteiger partial charge in [-0.2, -0.15) is 0 Å². The van der Waals surface area contributed by atoms with Crippen LogP contribution in [0.4, 0.5) is 0 Å². The highest BCUT2D eigenvalue weighted by Crippen LogP contribution is 2.32. The van der Waals surface area contributed by atoms with E-state index in [2.05, 4.69) is 31.4 Å². The molecule has 5 nitrogen and oxygen atoms in total. The molecule has 0 aromatic carbocycles. The van der Waals surface area contributed by atoms with Crippen LogP contribution in [0.25, 0.3) is 0 Å². The average molecular weight is 297 g/mol.